The largest absolute Gasteiger partial charge is 0.493 e. The molecule has 0 unspecified atom stereocenters. The zero-order valence-corrected chi connectivity index (χ0v) is 18.9. The Morgan fingerprint density at radius 1 is 1.11 bits per heavy atom. The molecule has 3 aromatic rings. The molecule has 0 saturated heterocycles. The van der Waals surface area contributed by atoms with E-state index < -0.39 is 18.1 Å². The second-order valence-electron chi connectivity index (χ2n) is 7.78. The monoisotopic (exact) mass is 501 g/mol. The minimum atomic E-state index is -5.19. The third-order valence-corrected chi connectivity index (χ3v) is 6.31. The van der Waals surface area contributed by atoms with E-state index in [-0.39, 0.29) is 29.9 Å². The number of aromatic nitrogens is 2. The first kappa shape index (κ1) is 23.0. The van der Waals surface area contributed by atoms with Gasteiger partial charge in [-0.2, -0.15) is 17.9 Å². The Hall–Kier alpha value is -3.73. The molecular weight excluding hydrogens is 483 g/mol. The minimum Gasteiger partial charge on any atom is -0.492 e. The third kappa shape index (κ3) is 4.63. The number of halogens is 3. The number of fused-ring (bicyclic) bond motifs is 1. The maximum Gasteiger partial charge on any atom is 0.493 e. The van der Waals surface area contributed by atoms with Gasteiger partial charge < -0.3 is 14.9 Å². The molecular formula is C24H18F3N3O4S. The summed E-state index contributed by atoms with van der Waals surface area (Å²) in [5.41, 5.74) is 3.18. The Morgan fingerprint density at radius 2 is 1.89 bits per heavy atom. The summed E-state index contributed by atoms with van der Waals surface area (Å²) in [6, 6.07) is 12.2. The zero-order chi connectivity index (χ0) is 24.6. The van der Waals surface area contributed by atoms with Gasteiger partial charge in [0.25, 0.3) is 5.91 Å². The zero-order valence-electron chi connectivity index (χ0n) is 18.1. The van der Waals surface area contributed by atoms with Crippen molar-refractivity contribution in [3.63, 3.8) is 0 Å². The molecule has 7 nitrogen and oxygen atoms in total. The first-order valence-electron chi connectivity index (χ1n) is 10.7. The first-order chi connectivity index (χ1) is 16.8. The lowest BCUT2D eigenvalue weighted by Gasteiger charge is -2.17. The van der Waals surface area contributed by atoms with Crippen LogP contribution < -0.4 is 10.2 Å². The SMILES string of the molecule is O=C1NCCc2c1cc(-c1ccnc(-c3ccc(C4=CSCCO4)cc3)c1)n2OC(=O)C(F)(F)F. The highest BCUT2D eigenvalue weighted by atomic mass is 32.2. The van der Waals surface area contributed by atoms with E-state index in [0.29, 0.717) is 17.9 Å². The Kier molecular flexibility index (Phi) is 6.01. The molecule has 1 aromatic carbocycles. The van der Waals surface area contributed by atoms with E-state index in [4.69, 9.17) is 9.57 Å². The average Bonchev–Trinajstić information content (AvgIpc) is 3.24. The number of nitrogens with zero attached hydrogens (tertiary/aromatic N) is 2. The van der Waals surface area contributed by atoms with Gasteiger partial charge in [-0.25, -0.2) is 4.79 Å². The number of nitrogens with one attached hydrogen (secondary N) is 1. The fourth-order valence-electron chi connectivity index (χ4n) is 3.87. The number of benzene rings is 1. The lowest BCUT2D eigenvalue weighted by molar-refractivity contribution is -0.199. The number of ether oxygens (including phenoxy) is 1. The molecule has 2 aliphatic rings. The molecule has 1 N–H and O–H groups in total. The molecule has 0 aliphatic carbocycles. The lowest BCUT2D eigenvalue weighted by Crippen LogP contribution is -2.37. The van der Waals surface area contributed by atoms with Crippen LogP contribution in [0.3, 0.4) is 0 Å². The van der Waals surface area contributed by atoms with Crippen molar-refractivity contribution in [3.8, 4) is 22.5 Å². The maximum absolute atomic E-state index is 12.9. The summed E-state index contributed by atoms with van der Waals surface area (Å²) in [5, 5.41) is 4.60. The number of carbonyl (C=O) groups excluding carboxylic acids is 2. The van der Waals surface area contributed by atoms with Crippen molar-refractivity contribution in [2.24, 2.45) is 0 Å². The second kappa shape index (κ2) is 9.14. The summed E-state index contributed by atoms with van der Waals surface area (Å²) < 4.78 is 45.3. The van der Waals surface area contributed by atoms with E-state index in [1.54, 1.807) is 23.9 Å². The Morgan fingerprint density at radius 3 is 2.60 bits per heavy atom. The van der Waals surface area contributed by atoms with E-state index >= 15 is 0 Å². The predicted octanol–water partition coefficient (Wildman–Crippen LogP) is 4.08. The number of pyridine rings is 1. The van der Waals surface area contributed by atoms with Gasteiger partial charge >= 0.3 is 12.1 Å². The number of carbonyl (C=O) groups is 2. The van der Waals surface area contributed by atoms with Crippen molar-refractivity contribution >= 4 is 29.4 Å². The molecule has 2 aliphatic heterocycles. The van der Waals surface area contributed by atoms with Crippen molar-refractivity contribution in [1.29, 1.82) is 0 Å². The van der Waals surface area contributed by atoms with Crippen molar-refractivity contribution in [3.05, 3.63) is 70.9 Å². The molecule has 0 bridgehead atoms. The molecule has 0 atom stereocenters. The van der Waals surface area contributed by atoms with Crippen LogP contribution in [0.25, 0.3) is 28.3 Å². The second-order valence-corrected chi connectivity index (χ2v) is 8.75. The number of amides is 1. The topological polar surface area (TPSA) is 82.4 Å². The molecule has 1 amide bonds. The van der Waals surface area contributed by atoms with Crippen molar-refractivity contribution in [2.45, 2.75) is 12.6 Å². The average molecular weight is 501 g/mol. The van der Waals surface area contributed by atoms with Crippen LogP contribution in [0.2, 0.25) is 0 Å². The fraction of sp³-hybridized carbons (Fsp3) is 0.208. The van der Waals surface area contributed by atoms with Gasteiger partial charge in [0.05, 0.1) is 29.3 Å². The van der Waals surface area contributed by atoms with E-state index in [0.717, 1.165) is 27.4 Å². The number of hydrogen-bond donors (Lipinski definition) is 1. The lowest BCUT2D eigenvalue weighted by atomic mass is 10.0. The van der Waals surface area contributed by atoms with Crippen LogP contribution >= 0.6 is 11.8 Å². The number of thioether (sulfide) groups is 1. The van der Waals surface area contributed by atoms with Crippen LogP contribution in [0.5, 0.6) is 0 Å². The summed E-state index contributed by atoms with van der Waals surface area (Å²) in [6.45, 7) is 0.855. The molecule has 5 rings (SSSR count). The van der Waals surface area contributed by atoms with Gasteiger partial charge in [0.1, 0.15) is 5.76 Å². The number of alkyl halides is 3. The van der Waals surface area contributed by atoms with Crippen LogP contribution in [-0.4, -0.2) is 46.7 Å². The van der Waals surface area contributed by atoms with Crippen LogP contribution in [-0.2, 0) is 16.0 Å². The van der Waals surface area contributed by atoms with E-state index in [1.807, 2.05) is 29.7 Å². The number of hydrogen-bond acceptors (Lipinski definition) is 6. The van der Waals surface area contributed by atoms with Gasteiger partial charge in [-0.3, -0.25) is 9.78 Å². The van der Waals surface area contributed by atoms with Crippen LogP contribution in [0.4, 0.5) is 13.2 Å². The van der Waals surface area contributed by atoms with E-state index in [9.17, 15) is 22.8 Å². The first-order valence-corrected chi connectivity index (χ1v) is 11.7. The maximum atomic E-state index is 12.9. The highest BCUT2D eigenvalue weighted by Gasteiger charge is 2.43. The Labute approximate surface area is 201 Å². The summed E-state index contributed by atoms with van der Waals surface area (Å²) in [7, 11) is 0. The number of rotatable bonds is 4. The highest BCUT2D eigenvalue weighted by Crippen LogP contribution is 2.31. The van der Waals surface area contributed by atoms with Crippen molar-refractivity contribution in [2.75, 3.05) is 18.9 Å². The summed E-state index contributed by atoms with van der Waals surface area (Å²) >= 11 is 1.68. The molecule has 0 radical (unpaired) electrons. The van der Waals surface area contributed by atoms with Gasteiger partial charge in [-0.15, -0.1) is 11.8 Å². The van der Waals surface area contributed by atoms with Crippen LogP contribution in [0, 0.1) is 0 Å². The minimum absolute atomic E-state index is 0.141. The quantitative estimate of drug-likeness (QED) is 0.580. The summed E-state index contributed by atoms with van der Waals surface area (Å²) in [5.74, 6) is -1.12. The smallest absolute Gasteiger partial charge is 0.492 e. The van der Waals surface area contributed by atoms with Gasteiger partial charge in [-0.1, -0.05) is 24.3 Å². The van der Waals surface area contributed by atoms with Crippen molar-refractivity contribution in [1.82, 2.24) is 15.0 Å². The molecule has 11 heteroatoms. The molecule has 0 spiro atoms. The molecule has 180 valence electrons. The van der Waals surface area contributed by atoms with Gasteiger partial charge in [0, 0.05) is 47.0 Å². The highest BCUT2D eigenvalue weighted by molar-refractivity contribution is 8.02. The molecule has 4 heterocycles. The third-order valence-electron chi connectivity index (χ3n) is 5.52. The molecule has 0 fully saturated rings. The van der Waals surface area contributed by atoms with E-state index in [2.05, 4.69) is 10.3 Å². The van der Waals surface area contributed by atoms with E-state index in [1.165, 1.54) is 12.3 Å². The van der Waals surface area contributed by atoms with Gasteiger partial charge in [0.15, 0.2) is 0 Å². The van der Waals surface area contributed by atoms with Gasteiger partial charge in [0.2, 0.25) is 0 Å². The summed E-state index contributed by atoms with van der Waals surface area (Å²) in [4.78, 5) is 33.0. The van der Waals surface area contributed by atoms with Crippen LogP contribution in [0.15, 0.2) is 54.1 Å². The Balaban J connectivity index is 1.52. The van der Waals surface area contributed by atoms with Crippen molar-refractivity contribution < 1.29 is 32.3 Å². The standard InChI is InChI=1S/C24H18F3N3O4S/c25-24(26,27)23(32)34-30-19-6-8-29-22(31)17(19)12-20(30)16-5-7-28-18(11-16)14-1-3-15(4-2-14)21-13-35-10-9-33-21/h1-5,7,11-13H,6,8-10H2,(H,29,31). The summed E-state index contributed by atoms with van der Waals surface area (Å²) in [6.07, 6.45) is -3.47. The molecule has 0 saturated carbocycles. The fourth-order valence-corrected chi connectivity index (χ4v) is 4.52. The van der Waals surface area contributed by atoms with Gasteiger partial charge in [-0.05, 0) is 18.2 Å². The van der Waals surface area contributed by atoms with Crippen LogP contribution in [0.1, 0.15) is 21.6 Å². The molecule has 2 aromatic heterocycles. The predicted molar refractivity (Wildman–Crippen MR) is 123 cm³/mol. The normalized spacial score (nSPS) is 15.5. The molecule has 35 heavy (non-hydrogen) atoms. The Bertz CT molecular complexity index is 1330.